The third kappa shape index (κ3) is 4.99. The Morgan fingerprint density at radius 2 is 1.74 bits per heavy atom. The van der Waals surface area contributed by atoms with E-state index in [1.807, 2.05) is 0 Å². The first-order valence-electron chi connectivity index (χ1n) is 8.85. The van der Waals surface area contributed by atoms with Gasteiger partial charge in [-0.05, 0) is 48.9 Å². The second-order valence-electron chi connectivity index (χ2n) is 6.42. The smallest absolute Gasteiger partial charge is 0.272 e. The lowest BCUT2D eigenvalue weighted by atomic mass is 10.1. The van der Waals surface area contributed by atoms with Crippen molar-refractivity contribution in [3.8, 4) is 5.82 Å². The summed E-state index contributed by atoms with van der Waals surface area (Å²) in [4.78, 5) is 41.0. The molecule has 3 amide bonds. The maximum atomic E-state index is 13.1. The number of rotatable bonds is 4. The Hall–Kier alpha value is -3.07. The van der Waals surface area contributed by atoms with Gasteiger partial charge in [0.05, 0.1) is 16.3 Å². The predicted octanol–water partition coefficient (Wildman–Crippen LogP) is 4.17. The van der Waals surface area contributed by atoms with E-state index in [-0.39, 0.29) is 32.9 Å². The number of carbonyl (C=O) groups excluding carboxylic acids is 3. The second kappa shape index (κ2) is 9.38. The van der Waals surface area contributed by atoms with Crippen LogP contribution in [-0.4, -0.2) is 27.3 Å². The minimum atomic E-state index is -0.655. The maximum Gasteiger partial charge on any atom is 0.272 e. The average Bonchev–Trinajstić information content (AvgIpc) is 3.09. The van der Waals surface area contributed by atoms with Gasteiger partial charge in [-0.2, -0.15) is 0 Å². The van der Waals surface area contributed by atoms with Crippen LogP contribution >= 0.6 is 34.8 Å². The van der Waals surface area contributed by atoms with Crippen LogP contribution in [0.4, 0.5) is 5.69 Å². The number of anilines is 1. The van der Waals surface area contributed by atoms with E-state index < -0.39 is 17.7 Å². The summed E-state index contributed by atoms with van der Waals surface area (Å²) in [5.41, 5.74) is 5.41. The van der Waals surface area contributed by atoms with Crippen molar-refractivity contribution in [2.75, 3.05) is 5.32 Å². The highest BCUT2D eigenvalue weighted by Crippen LogP contribution is 2.29. The quantitative estimate of drug-likeness (QED) is 0.487. The van der Waals surface area contributed by atoms with Crippen LogP contribution in [0, 0.1) is 6.92 Å². The molecule has 8 nitrogen and oxygen atoms in total. The average molecular weight is 481 g/mol. The highest BCUT2D eigenvalue weighted by Gasteiger charge is 2.22. The van der Waals surface area contributed by atoms with Gasteiger partial charge in [-0.3, -0.25) is 29.8 Å². The Morgan fingerprint density at radius 3 is 2.42 bits per heavy atom. The molecule has 0 radical (unpaired) electrons. The van der Waals surface area contributed by atoms with E-state index >= 15 is 0 Å². The van der Waals surface area contributed by atoms with Crippen molar-refractivity contribution >= 4 is 58.2 Å². The molecule has 1 aromatic carbocycles. The standard InChI is InChI=1S/C20H16Cl3N5O3/c1-10-8-12(21)9-13(19(30)27-26-11(2)29)17(10)25-20(31)15-5-6-16(23)28(15)18-14(22)4-3-7-24-18/h3-9H,1-2H3,(H,25,31)(H,26,29)(H,27,30). The highest BCUT2D eigenvalue weighted by atomic mass is 35.5. The molecule has 0 spiro atoms. The number of hydrazine groups is 1. The van der Waals surface area contributed by atoms with Crippen LogP contribution in [0.25, 0.3) is 5.82 Å². The predicted molar refractivity (Wildman–Crippen MR) is 119 cm³/mol. The Bertz CT molecular complexity index is 1190. The summed E-state index contributed by atoms with van der Waals surface area (Å²) in [5.74, 6) is -1.40. The summed E-state index contributed by atoms with van der Waals surface area (Å²) >= 11 is 18.6. The molecule has 0 aliphatic heterocycles. The van der Waals surface area contributed by atoms with E-state index in [0.29, 0.717) is 10.6 Å². The Kier molecular flexibility index (Phi) is 6.84. The van der Waals surface area contributed by atoms with Crippen molar-refractivity contribution in [2.45, 2.75) is 13.8 Å². The number of nitrogens with zero attached hydrogens (tertiary/aromatic N) is 2. The number of aryl methyl sites for hydroxylation is 1. The lowest BCUT2D eigenvalue weighted by Gasteiger charge is -2.16. The third-order valence-corrected chi connectivity index (χ3v) is 4.96. The molecule has 2 aromatic heterocycles. The largest absolute Gasteiger partial charge is 0.320 e. The normalized spacial score (nSPS) is 10.5. The number of carbonyl (C=O) groups is 3. The molecule has 0 saturated heterocycles. The number of hydrogen-bond donors (Lipinski definition) is 3. The van der Waals surface area contributed by atoms with Crippen LogP contribution in [0.3, 0.4) is 0 Å². The molecule has 0 unspecified atom stereocenters. The maximum absolute atomic E-state index is 13.1. The molecular weight excluding hydrogens is 465 g/mol. The fraction of sp³-hybridized carbons (Fsp3) is 0.100. The molecule has 160 valence electrons. The molecule has 3 rings (SSSR count). The number of hydrogen-bond acceptors (Lipinski definition) is 4. The molecule has 0 atom stereocenters. The van der Waals surface area contributed by atoms with Crippen LogP contribution < -0.4 is 16.2 Å². The van der Waals surface area contributed by atoms with Crippen molar-refractivity contribution in [2.24, 2.45) is 0 Å². The Balaban J connectivity index is 2.00. The lowest BCUT2D eigenvalue weighted by molar-refractivity contribution is -0.119. The van der Waals surface area contributed by atoms with E-state index in [1.165, 1.54) is 35.9 Å². The first-order valence-corrected chi connectivity index (χ1v) is 9.99. The van der Waals surface area contributed by atoms with Crippen LogP contribution in [0.2, 0.25) is 15.2 Å². The zero-order chi connectivity index (χ0) is 22.7. The van der Waals surface area contributed by atoms with Gasteiger partial charge in [-0.15, -0.1) is 0 Å². The summed E-state index contributed by atoms with van der Waals surface area (Å²) in [7, 11) is 0. The second-order valence-corrected chi connectivity index (χ2v) is 7.65. The summed E-state index contributed by atoms with van der Waals surface area (Å²) in [6.45, 7) is 2.92. The summed E-state index contributed by atoms with van der Waals surface area (Å²) in [6, 6.07) is 9.28. The number of benzene rings is 1. The Morgan fingerprint density at radius 1 is 1.00 bits per heavy atom. The lowest BCUT2D eigenvalue weighted by Crippen LogP contribution is -2.40. The fourth-order valence-electron chi connectivity index (χ4n) is 2.82. The number of amides is 3. The summed E-state index contributed by atoms with van der Waals surface area (Å²) < 4.78 is 1.39. The van der Waals surface area contributed by atoms with Gasteiger partial charge in [0.15, 0.2) is 5.82 Å². The van der Waals surface area contributed by atoms with E-state index in [9.17, 15) is 14.4 Å². The zero-order valence-electron chi connectivity index (χ0n) is 16.3. The van der Waals surface area contributed by atoms with Gasteiger partial charge in [0.2, 0.25) is 5.91 Å². The van der Waals surface area contributed by atoms with E-state index in [0.717, 1.165) is 0 Å². The minimum Gasteiger partial charge on any atom is -0.320 e. The first-order chi connectivity index (χ1) is 14.7. The zero-order valence-corrected chi connectivity index (χ0v) is 18.6. The van der Waals surface area contributed by atoms with Crippen LogP contribution in [0.1, 0.15) is 33.3 Å². The third-order valence-electron chi connectivity index (χ3n) is 4.15. The Labute approximate surface area is 192 Å². The molecule has 0 saturated carbocycles. The van der Waals surface area contributed by atoms with Crippen molar-refractivity contribution in [1.82, 2.24) is 20.4 Å². The fourth-order valence-corrected chi connectivity index (χ4v) is 3.54. The molecule has 11 heteroatoms. The van der Waals surface area contributed by atoms with Crippen molar-refractivity contribution < 1.29 is 14.4 Å². The van der Waals surface area contributed by atoms with Crippen LogP contribution in [0.5, 0.6) is 0 Å². The molecule has 2 heterocycles. The molecule has 0 bridgehead atoms. The van der Waals surface area contributed by atoms with Gasteiger partial charge < -0.3 is 5.32 Å². The van der Waals surface area contributed by atoms with Gasteiger partial charge in [0, 0.05) is 18.1 Å². The molecular formula is C20H16Cl3N5O3. The number of halogens is 3. The van der Waals surface area contributed by atoms with Crippen molar-refractivity contribution in [3.05, 3.63) is 74.6 Å². The van der Waals surface area contributed by atoms with Crippen LogP contribution in [0.15, 0.2) is 42.6 Å². The van der Waals surface area contributed by atoms with Gasteiger partial charge in [0.1, 0.15) is 10.8 Å². The molecule has 3 N–H and O–H groups in total. The van der Waals surface area contributed by atoms with Crippen molar-refractivity contribution in [1.29, 1.82) is 0 Å². The number of nitrogens with one attached hydrogen (secondary N) is 3. The van der Waals surface area contributed by atoms with Gasteiger partial charge in [-0.1, -0.05) is 34.8 Å². The molecule has 0 aliphatic rings. The van der Waals surface area contributed by atoms with Gasteiger partial charge in [-0.25, -0.2) is 4.98 Å². The van der Waals surface area contributed by atoms with Crippen LogP contribution in [-0.2, 0) is 4.79 Å². The number of pyridine rings is 1. The minimum absolute atomic E-state index is 0.0622. The van der Waals surface area contributed by atoms with E-state index in [2.05, 4.69) is 21.2 Å². The van der Waals surface area contributed by atoms with E-state index in [1.54, 1.807) is 25.1 Å². The van der Waals surface area contributed by atoms with Gasteiger partial charge >= 0.3 is 0 Å². The number of aromatic nitrogens is 2. The summed E-state index contributed by atoms with van der Waals surface area (Å²) in [6.07, 6.45) is 1.52. The molecule has 31 heavy (non-hydrogen) atoms. The van der Waals surface area contributed by atoms with Crippen molar-refractivity contribution in [3.63, 3.8) is 0 Å². The monoisotopic (exact) mass is 479 g/mol. The van der Waals surface area contributed by atoms with Gasteiger partial charge in [0.25, 0.3) is 11.8 Å². The summed E-state index contributed by atoms with van der Waals surface area (Å²) in [5, 5.41) is 3.52. The first kappa shape index (κ1) is 22.6. The SMILES string of the molecule is CC(=O)NNC(=O)c1cc(Cl)cc(C)c1NC(=O)c1ccc(Cl)n1-c1ncccc1Cl. The molecule has 3 aromatic rings. The molecule has 0 aliphatic carbocycles. The molecule has 0 fully saturated rings. The topological polar surface area (TPSA) is 105 Å². The van der Waals surface area contributed by atoms with E-state index in [4.69, 9.17) is 34.8 Å². The highest BCUT2D eigenvalue weighted by molar-refractivity contribution is 6.33.